The Hall–Kier alpha value is -2.00. The smallest absolute Gasteiger partial charge is 0.191 e. The van der Waals surface area contributed by atoms with Gasteiger partial charge in [0.1, 0.15) is 5.75 Å². The Kier molecular flexibility index (Phi) is 9.92. The number of halogens is 1. The lowest BCUT2D eigenvalue weighted by atomic mass is 10.2. The minimum absolute atomic E-state index is 0. The van der Waals surface area contributed by atoms with E-state index in [0.29, 0.717) is 13.1 Å². The van der Waals surface area contributed by atoms with Crippen LogP contribution < -0.4 is 20.3 Å². The Balaban J connectivity index is 0.00000289. The quantitative estimate of drug-likeness (QED) is 0.279. The average Bonchev–Trinajstić information content (AvgIpc) is 3.66. The standard InChI is InChI=1S/C25H34N4O2.HI/c1-2-26-25(28-18-22-5-3-4-6-24(22)31-19-21-7-8-21)27-17-20-9-11-23(12-10-20)29-13-15-30-16-14-29;/h3-6,9-12,21H,2,7-8,13-19H2,1H3,(H2,26,27,28);1H. The van der Waals surface area contributed by atoms with Crippen molar-refractivity contribution in [2.45, 2.75) is 32.9 Å². The molecule has 2 fully saturated rings. The number of para-hydroxylation sites is 1. The number of nitrogens with one attached hydrogen (secondary N) is 2. The summed E-state index contributed by atoms with van der Waals surface area (Å²) in [5.74, 6) is 2.53. The number of ether oxygens (including phenoxy) is 2. The third kappa shape index (κ3) is 7.55. The number of aliphatic imine (C=N–C) groups is 1. The van der Waals surface area contributed by atoms with E-state index in [0.717, 1.165) is 62.6 Å². The van der Waals surface area contributed by atoms with Crippen molar-refractivity contribution in [3.8, 4) is 5.75 Å². The third-order valence-corrected chi connectivity index (χ3v) is 5.67. The monoisotopic (exact) mass is 550 g/mol. The lowest BCUT2D eigenvalue weighted by Crippen LogP contribution is -2.37. The van der Waals surface area contributed by atoms with Gasteiger partial charge in [-0.15, -0.1) is 24.0 Å². The van der Waals surface area contributed by atoms with E-state index in [1.165, 1.54) is 24.1 Å². The minimum Gasteiger partial charge on any atom is -0.493 e. The first kappa shape index (κ1) is 24.6. The largest absolute Gasteiger partial charge is 0.493 e. The Labute approximate surface area is 208 Å². The number of hydrogen-bond acceptors (Lipinski definition) is 4. The van der Waals surface area contributed by atoms with E-state index in [-0.39, 0.29) is 24.0 Å². The van der Waals surface area contributed by atoms with Gasteiger partial charge in [0.15, 0.2) is 5.96 Å². The maximum atomic E-state index is 6.03. The van der Waals surface area contributed by atoms with Gasteiger partial charge >= 0.3 is 0 Å². The van der Waals surface area contributed by atoms with Crippen LogP contribution in [0.25, 0.3) is 0 Å². The summed E-state index contributed by atoms with van der Waals surface area (Å²) in [6, 6.07) is 17.0. The SMILES string of the molecule is CCNC(=NCc1ccc(N2CCOCC2)cc1)NCc1ccccc1OCC1CC1.I. The molecule has 32 heavy (non-hydrogen) atoms. The van der Waals surface area contributed by atoms with E-state index in [9.17, 15) is 0 Å². The molecule has 1 saturated heterocycles. The number of anilines is 1. The van der Waals surface area contributed by atoms with Crippen LogP contribution in [0.15, 0.2) is 53.5 Å². The van der Waals surface area contributed by atoms with Crippen molar-refractivity contribution in [1.29, 1.82) is 0 Å². The van der Waals surface area contributed by atoms with Crippen LogP contribution in [0.5, 0.6) is 5.75 Å². The molecule has 4 rings (SSSR count). The molecule has 1 aliphatic carbocycles. The highest BCUT2D eigenvalue weighted by molar-refractivity contribution is 14.0. The Bertz CT molecular complexity index is 849. The molecule has 6 nitrogen and oxygen atoms in total. The van der Waals surface area contributed by atoms with Gasteiger partial charge in [0.25, 0.3) is 0 Å². The molecule has 0 radical (unpaired) electrons. The van der Waals surface area contributed by atoms with Crippen molar-refractivity contribution in [2.24, 2.45) is 10.9 Å². The first-order valence-electron chi connectivity index (χ1n) is 11.5. The summed E-state index contributed by atoms with van der Waals surface area (Å²) < 4.78 is 11.5. The Morgan fingerprint density at radius 1 is 1.06 bits per heavy atom. The van der Waals surface area contributed by atoms with E-state index >= 15 is 0 Å². The topological polar surface area (TPSA) is 58.1 Å². The normalized spacial score (nSPS) is 16.3. The fraction of sp³-hybridized carbons (Fsp3) is 0.480. The molecule has 2 aromatic carbocycles. The fourth-order valence-electron chi connectivity index (χ4n) is 3.61. The summed E-state index contributed by atoms with van der Waals surface area (Å²) >= 11 is 0. The summed E-state index contributed by atoms with van der Waals surface area (Å²) in [5.41, 5.74) is 3.61. The summed E-state index contributed by atoms with van der Waals surface area (Å²) in [4.78, 5) is 7.14. The van der Waals surface area contributed by atoms with Gasteiger partial charge in [0.2, 0.25) is 0 Å². The minimum atomic E-state index is 0. The van der Waals surface area contributed by atoms with Crippen LogP contribution in [0.3, 0.4) is 0 Å². The first-order valence-corrected chi connectivity index (χ1v) is 11.5. The van der Waals surface area contributed by atoms with Crippen molar-refractivity contribution in [1.82, 2.24) is 10.6 Å². The Morgan fingerprint density at radius 3 is 2.53 bits per heavy atom. The highest BCUT2D eigenvalue weighted by Gasteiger charge is 2.22. The molecular formula is C25H35IN4O2. The predicted molar refractivity (Wildman–Crippen MR) is 141 cm³/mol. The van der Waals surface area contributed by atoms with Gasteiger partial charge in [0, 0.05) is 37.4 Å². The molecule has 2 N–H and O–H groups in total. The van der Waals surface area contributed by atoms with Crippen LogP contribution in [0, 0.1) is 5.92 Å². The number of benzene rings is 2. The molecule has 7 heteroatoms. The second-order valence-corrected chi connectivity index (χ2v) is 8.18. The number of hydrogen-bond donors (Lipinski definition) is 2. The molecule has 2 aromatic rings. The molecule has 1 aliphatic heterocycles. The van der Waals surface area contributed by atoms with Crippen LogP contribution in [-0.4, -0.2) is 45.4 Å². The van der Waals surface area contributed by atoms with Gasteiger partial charge in [-0.2, -0.15) is 0 Å². The van der Waals surface area contributed by atoms with Crippen LogP contribution in [0.2, 0.25) is 0 Å². The zero-order valence-electron chi connectivity index (χ0n) is 18.9. The van der Waals surface area contributed by atoms with Crippen molar-refractivity contribution in [3.05, 3.63) is 59.7 Å². The second kappa shape index (κ2) is 12.9. The van der Waals surface area contributed by atoms with Crippen LogP contribution >= 0.6 is 24.0 Å². The van der Waals surface area contributed by atoms with E-state index < -0.39 is 0 Å². The number of morpholine rings is 1. The molecule has 0 unspecified atom stereocenters. The maximum Gasteiger partial charge on any atom is 0.191 e. The molecule has 0 bridgehead atoms. The lowest BCUT2D eigenvalue weighted by molar-refractivity contribution is 0.122. The molecule has 0 aromatic heterocycles. The fourth-order valence-corrected chi connectivity index (χ4v) is 3.61. The number of nitrogens with zero attached hydrogens (tertiary/aromatic N) is 2. The van der Waals surface area contributed by atoms with Crippen LogP contribution in [0.4, 0.5) is 5.69 Å². The first-order chi connectivity index (χ1) is 15.3. The zero-order chi connectivity index (χ0) is 21.3. The lowest BCUT2D eigenvalue weighted by Gasteiger charge is -2.28. The molecular weight excluding hydrogens is 515 g/mol. The van der Waals surface area contributed by atoms with E-state index in [2.05, 4.69) is 64.9 Å². The molecule has 2 aliphatic rings. The van der Waals surface area contributed by atoms with Crippen LogP contribution in [0.1, 0.15) is 30.9 Å². The van der Waals surface area contributed by atoms with E-state index in [1.807, 2.05) is 6.07 Å². The maximum absolute atomic E-state index is 6.03. The second-order valence-electron chi connectivity index (χ2n) is 8.18. The highest BCUT2D eigenvalue weighted by Crippen LogP contribution is 2.30. The van der Waals surface area contributed by atoms with Gasteiger partial charge in [-0.25, -0.2) is 4.99 Å². The highest BCUT2D eigenvalue weighted by atomic mass is 127. The number of guanidine groups is 1. The van der Waals surface area contributed by atoms with Gasteiger partial charge < -0.3 is 25.0 Å². The molecule has 1 heterocycles. The van der Waals surface area contributed by atoms with Crippen molar-refractivity contribution >= 4 is 35.6 Å². The molecule has 0 atom stereocenters. The zero-order valence-corrected chi connectivity index (χ0v) is 21.2. The summed E-state index contributed by atoms with van der Waals surface area (Å²) in [6.45, 7) is 8.57. The van der Waals surface area contributed by atoms with Crippen molar-refractivity contribution in [2.75, 3.05) is 44.4 Å². The number of rotatable bonds is 9. The summed E-state index contributed by atoms with van der Waals surface area (Å²) in [5, 5.41) is 6.79. The van der Waals surface area contributed by atoms with Gasteiger partial charge in [-0.3, -0.25) is 0 Å². The van der Waals surface area contributed by atoms with Crippen molar-refractivity contribution < 1.29 is 9.47 Å². The van der Waals surface area contributed by atoms with E-state index in [1.54, 1.807) is 0 Å². The molecule has 0 spiro atoms. The molecule has 174 valence electrons. The summed E-state index contributed by atoms with van der Waals surface area (Å²) in [7, 11) is 0. The molecule has 0 amide bonds. The Morgan fingerprint density at radius 2 is 1.81 bits per heavy atom. The summed E-state index contributed by atoms with van der Waals surface area (Å²) in [6.07, 6.45) is 2.59. The van der Waals surface area contributed by atoms with Crippen LogP contribution in [-0.2, 0) is 17.8 Å². The van der Waals surface area contributed by atoms with Gasteiger partial charge in [-0.1, -0.05) is 30.3 Å². The van der Waals surface area contributed by atoms with Gasteiger partial charge in [-0.05, 0) is 49.4 Å². The van der Waals surface area contributed by atoms with Crippen molar-refractivity contribution in [3.63, 3.8) is 0 Å². The van der Waals surface area contributed by atoms with Gasteiger partial charge in [0.05, 0.1) is 26.4 Å². The third-order valence-electron chi connectivity index (χ3n) is 5.67. The molecule has 1 saturated carbocycles. The average molecular weight is 550 g/mol. The predicted octanol–water partition coefficient (Wildman–Crippen LogP) is 4.19. The van der Waals surface area contributed by atoms with E-state index in [4.69, 9.17) is 14.5 Å².